The zero-order chi connectivity index (χ0) is 62.0. The third kappa shape index (κ3) is 21.7. The van der Waals surface area contributed by atoms with Crippen LogP contribution >= 0.6 is 69.6 Å². The Kier molecular flexibility index (Phi) is 31.7. The standard InChI is InChI=1S/C21H26ClNO6.C16H19Cl2NO3.C13H16ClNO.C5H8O3.C3H4Cl2O2/c1-14(24)11-12-19(26)28-15(2)29-20(27)23(3)21(13-7-6-10-18(21)25)16-8-4-5-9-17(16)22;1-11(17)22-15(21)19(2)16(10-6-5-9-14(16)20)12-7-3-4-8-13(12)18;1-15-13(9-5-4-8-12(13)16)10-6-2-3-7-11(10)14;1-4(6)2-3-5(7)8;1-2(4)7-3(5)6/h4-5,8-9,15H,6-7,10-13H2,1-3H3;3-4,7-8,11H,5-6,9-10H2,1-2H3;2-3,6-7,15H,4-5,8-9H2,1H3;2-3H2,1H3,(H,7,8);2H,1H3/t15?,21-;11?,16-;13-;;/m111../s1. The van der Waals surface area contributed by atoms with Gasteiger partial charge in [0.25, 0.3) is 0 Å². The van der Waals surface area contributed by atoms with Crippen molar-refractivity contribution in [1.29, 1.82) is 0 Å². The van der Waals surface area contributed by atoms with E-state index in [-0.39, 0.29) is 54.6 Å². The minimum atomic E-state index is -1.23. The largest absolute Gasteiger partial charge is 0.481 e. The number of benzene rings is 3. The Morgan fingerprint density at radius 2 is 0.927 bits per heavy atom. The predicted molar refractivity (Wildman–Crippen MR) is 313 cm³/mol. The Labute approximate surface area is 509 Å². The predicted octanol–water partition coefficient (Wildman–Crippen LogP) is 13.6. The highest BCUT2D eigenvalue weighted by Gasteiger charge is 2.50. The maximum atomic E-state index is 13.0. The number of carbonyl (C=O) groups excluding carboxylic acids is 9. The lowest BCUT2D eigenvalue weighted by Crippen LogP contribution is -2.54. The Bertz CT molecular complexity index is 2680. The fourth-order valence-corrected chi connectivity index (χ4v) is 10.7. The highest BCUT2D eigenvalue weighted by Crippen LogP contribution is 2.44. The highest BCUT2D eigenvalue weighted by molar-refractivity contribution is 6.61. The van der Waals surface area contributed by atoms with Crippen LogP contribution in [-0.2, 0) is 69.1 Å². The normalized spacial score (nSPS) is 20.2. The number of hydrogen-bond donors (Lipinski definition) is 2. The fourth-order valence-electron chi connectivity index (χ4n) is 9.49. The molecular formula is C58H73Cl6N3O15. The van der Waals surface area contributed by atoms with Crippen LogP contribution in [0.15, 0.2) is 72.8 Å². The van der Waals surface area contributed by atoms with Crippen molar-refractivity contribution in [3.8, 4) is 0 Å². The molecule has 0 aromatic heterocycles. The van der Waals surface area contributed by atoms with Crippen LogP contribution in [0.1, 0.15) is 154 Å². The summed E-state index contributed by atoms with van der Waals surface area (Å²) in [6.45, 7) is 7.21. The molecule has 0 heterocycles. The molecule has 3 fully saturated rings. The Hall–Kier alpha value is -5.34. The lowest BCUT2D eigenvalue weighted by Gasteiger charge is -2.43. The van der Waals surface area contributed by atoms with E-state index >= 15 is 0 Å². The van der Waals surface area contributed by atoms with Crippen molar-refractivity contribution in [3.63, 3.8) is 0 Å². The number of carbonyl (C=O) groups is 10. The average molecular weight is 1260 g/mol. The van der Waals surface area contributed by atoms with Crippen LogP contribution in [0.5, 0.6) is 0 Å². The molecule has 3 aliphatic rings. The molecule has 0 spiro atoms. The lowest BCUT2D eigenvalue weighted by molar-refractivity contribution is -0.168. The van der Waals surface area contributed by atoms with Gasteiger partial charge in [0.1, 0.15) is 28.2 Å². The number of nitrogens with one attached hydrogen (secondary N) is 1. The van der Waals surface area contributed by atoms with Gasteiger partial charge in [-0.15, -0.1) is 0 Å². The quantitative estimate of drug-likeness (QED) is 0.0445. The molecule has 3 saturated carbocycles. The molecule has 2 N–H and O–H groups in total. The number of esters is 1. The summed E-state index contributed by atoms with van der Waals surface area (Å²) >= 11 is 34.5. The molecule has 3 aromatic rings. The van der Waals surface area contributed by atoms with E-state index in [9.17, 15) is 47.9 Å². The zero-order valence-electron chi connectivity index (χ0n) is 47.3. The first-order chi connectivity index (χ1) is 38.5. The number of Topliss-reactive ketones (excluding diaryl/α,β-unsaturated/α-hetero) is 5. The van der Waals surface area contributed by atoms with Crippen molar-refractivity contribution in [2.24, 2.45) is 0 Å². The van der Waals surface area contributed by atoms with Crippen molar-refractivity contribution in [1.82, 2.24) is 15.1 Å². The molecule has 0 aliphatic heterocycles. The molecular weight excluding hydrogens is 1190 g/mol. The van der Waals surface area contributed by atoms with E-state index in [1.807, 2.05) is 37.4 Å². The third-order valence-corrected chi connectivity index (χ3v) is 14.8. The summed E-state index contributed by atoms with van der Waals surface area (Å²) in [7, 11) is 4.89. The molecule has 0 saturated heterocycles. The first-order valence-corrected chi connectivity index (χ1v) is 28.9. The van der Waals surface area contributed by atoms with Crippen molar-refractivity contribution < 1.29 is 72.0 Å². The van der Waals surface area contributed by atoms with Gasteiger partial charge < -0.3 is 39.0 Å². The Morgan fingerprint density at radius 3 is 1.26 bits per heavy atom. The molecule has 0 radical (unpaired) electrons. The average Bonchev–Trinajstić information content (AvgIpc) is 3.53. The van der Waals surface area contributed by atoms with E-state index in [1.165, 1.54) is 44.5 Å². The molecule has 6 atom stereocenters. The number of carboxylic acids is 1. The van der Waals surface area contributed by atoms with Crippen molar-refractivity contribution in [2.75, 3.05) is 21.1 Å². The van der Waals surface area contributed by atoms with Gasteiger partial charge in [-0.05, 0) is 110 Å². The number of ketones is 5. The summed E-state index contributed by atoms with van der Waals surface area (Å²) in [6, 6.07) is 21.7. The third-order valence-electron chi connectivity index (χ3n) is 13.5. The number of ether oxygens (including phenoxy) is 4. The summed E-state index contributed by atoms with van der Waals surface area (Å²) < 4.78 is 19.5. The highest BCUT2D eigenvalue weighted by atomic mass is 35.5. The van der Waals surface area contributed by atoms with Crippen LogP contribution in [0.4, 0.5) is 14.4 Å². The minimum absolute atomic E-state index is 0.0199. The number of hydrogen-bond acceptors (Lipinski definition) is 15. The summed E-state index contributed by atoms with van der Waals surface area (Å²) in [6.07, 6.45) is 5.89. The van der Waals surface area contributed by atoms with Gasteiger partial charge >= 0.3 is 29.6 Å². The topological polar surface area (TPSA) is 246 Å². The van der Waals surface area contributed by atoms with Gasteiger partial charge in [0.15, 0.2) is 28.5 Å². The molecule has 18 nitrogen and oxygen atoms in total. The van der Waals surface area contributed by atoms with E-state index in [2.05, 4.69) is 10.1 Å². The van der Waals surface area contributed by atoms with Crippen molar-refractivity contribution >= 4 is 128 Å². The van der Waals surface area contributed by atoms with Gasteiger partial charge in [-0.25, -0.2) is 14.4 Å². The van der Waals surface area contributed by atoms with Crippen LogP contribution in [0.3, 0.4) is 0 Å². The van der Waals surface area contributed by atoms with Gasteiger partial charge in [0, 0.05) is 90.9 Å². The molecule has 2 amide bonds. The van der Waals surface area contributed by atoms with Crippen LogP contribution in [0.2, 0.25) is 15.1 Å². The number of halogens is 6. The number of alkyl halides is 2. The number of aliphatic carboxylic acids is 1. The van der Waals surface area contributed by atoms with Crippen LogP contribution < -0.4 is 5.32 Å². The second-order valence-corrected chi connectivity index (χ2v) is 22.1. The Balaban J connectivity index is 0.000000382. The maximum Gasteiger partial charge on any atom is 0.413 e. The molecule has 3 unspecified atom stereocenters. The molecule has 6 rings (SSSR count). The van der Waals surface area contributed by atoms with Gasteiger partial charge in [-0.3, -0.25) is 33.8 Å². The van der Waals surface area contributed by atoms with Crippen molar-refractivity contribution in [2.45, 2.75) is 171 Å². The maximum absolute atomic E-state index is 13.0. The summed E-state index contributed by atoms with van der Waals surface area (Å²) in [5.74, 6) is -1.64. The Morgan fingerprint density at radius 1 is 0.549 bits per heavy atom. The number of likely N-dealkylation sites (N-methyl/N-ethyl adjacent to an activating group) is 3. The van der Waals surface area contributed by atoms with E-state index < -0.39 is 63.6 Å². The molecule has 0 bridgehead atoms. The van der Waals surface area contributed by atoms with E-state index in [0.29, 0.717) is 58.3 Å². The van der Waals surface area contributed by atoms with Gasteiger partial charge in [-0.1, -0.05) is 119 Å². The smallest absolute Gasteiger partial charge is 0.413 e. The molecule has 82 heavy (non-hydrogen) atoms. The zero-order valence-corrected chi connectivity index (χ0v) is 51.8. The minimum Gasteiger partial charge on any atom is -0.481 e. The molecule has 3 aliphatic carbocycles. The summed E-state index contributed by atoms with van der Waals surface area (Å²) in [4.78, 5) is 118. The summed E-state index contributed by atoms with van der Waals surface area (Å²) in [5, 5.41) is 12.7. The van der Waals surface area contributed by atoms with Gasteiger partial charge in [0.2, 0.25) is 6.29 Å². The second kappa shape index (κ2) is 35.7. The van der Waals surface area contributed by atoms with Gasteiger partial charge in [-0.2, -0.15) is 0 Å². The first kappa shape index (κ1) is 72.8. The van der Waals surface area contributed by atoms with E-state index in [0.717, 1.165) is 50.5 Å². The van der Waals surface area contributed by atoms with Crippen molar-refractivity contribution in [3.05, 3.63) is 105 Å². The van der Waals surface area contributed by atoms with Gasteiger partial charge in [0.05, 0.1) is 12.8 Å². The fraction of sp³-hybridized carbons (Fsp3) is 0.517. The summed E-state index contributed by atoms with van der Waals surface area (Å²) in [5.41, 5.74) is -3.03. The molecule has 24 heteroatoms. The van der Waals surface area contributed by atoms with Crippen LogP contribution in [-0.4, -0.2) is 112 Å². The number of carboxylic acid groups (broad SMARTS) is 1. The number of rotatable bonds is 16. The number of amides is 2. The number of nitrogens with zero attached hydrogens (tertiary/aromatic N) is 2. The molecule has 452 valence electrons. The molecule has 3 aromatic carbocycles. The monoisotopic (exact) mass is 1260 g/mol. The first-order valence-electron chi connectivity index (χ1n) is 26.5. The van der Waals surface area contributed by atoms with E-state index in [4.69, 9.17) is 88.9 Å². The lowest BCUT2D eigenvalue weighted by atomic mass is 9.74. The van der Waals surface area contributed by atoms with E-state index in [1.54, 1.807) is 56.4 Å². The SMILES string of the molecule is CC(=O)CCC(=O)O.CC(=O)CCC(=O)OC(C)OC(=O)N(C)[C@@]1(c2ccccc2Cl)CCCCC1=O.CC(Cl)OC(=O)Cl.CC(Cl)OC(=O)N(C)[C@@]1(c2ccccc2Cl)CCCCC1=O.CN[C@@]1(c2ccccc2Cl)CCCCC1=O. The van der Waals surface area contributed by atoms with Crippen LogP contribution in [0.25, 0.3) is 0 Å². The van der Waals surface area contributed by atoms with Crippen LogP contribution in [0, 0.1) is 0 Å². The second-order valence-electron chi connectivity index (χ2n) is 19.4.